The molecule has 13 heavy (non-hydrogen) atoms. The summed E-state index contributed by atoms with van der Waals surface area (Å²) >= 11 is 0. The molecule has 2 nitrogen and oxygen atoms in total. The predicted octanol–water partition coefficient (Wildman–Crippen LogP) is 1.81. The molecule has 2 heteroatoms. The summed E-state index contributed by atoms with van der Waals surface area (Å²) in [5.74, 6) is 0. The van der Waals surface area contributed by atoms with E-state index < -0.39 is 0 Å². The topological polar surface area (TPSA) is 6.48 Å². The highest BCUT2D eigenvalue weighted by molar-refractivity contribution is 4.78. The Kier molecular flexibility index (Phi) is 5.40. The van der Waals surface area contributed by atoms with Crippen molar-refractivity contribution >= 4 is 0 Å². The summed E-state index contributed by atoms with van der Waals surface area (Å²) in [5, 5.41) is 0. The van der Waals surface area contributed by atoms with Gasteiger partial charge in [-0.05, 0) is 0 Å². The summed E-state index contributed by atoms with van der Waals surface area (Å²) in [4.78, 5) is 5.08. The Morgan fingerprint density at radius 2 is 1.00 bits per heavy atom. The summed E-state index contributed by atoms with van der Waals surface area (Å²) in [6, 6.07) is 0. The molecule has 3 aliphatic heterocycles. The summed E-state index contributed by atoms with van der Waals surface area (Å²) in [5.41, 5.74) is 0. The molecule has 0 spiro atoms. The van der Waals surface area contributed by atoms with Gasteiger partial charge in [-0.3, -0.25) is 9.80 Å². The van der Waals surface area contributed by atoms with Gasteiger partial charge in [0.15, 0.2) is 0 Å². The van der Waals surface area contributed by atoms with Crippen LogP contribution in [0.1, 0.15) is 33.1 Å². The van der Waals surface area contributed by atoms with Crippen molar-refractivity contribution < 1.29 is 0 Å². The van der Waals surface area contributed by atoms with Gasteiger partial charge >= 0.3 is 0 Å². The van der Waals surface area contributed by atoms with Crippen LogP contribution < -0.4 is 0 Å². The van der Waals surface area contributed by atoms with Crippen LogP contribution in [0, 0.1) is 0 Å². The van der Waals surface area contributed by atoms with E-state index in [9.17, 15) is 0 Å². The van der Waals surface area contributed by atoms with E-state index in [0.717, 1.165) is 0 Å². The van der Waals surface area contributed by atoms with E-state index >= 15 is 0 Å². The van der Waals surface area contributed by atoms with Gasteiger partial charge in [0.05, 0.1) is 0 Å². The monoisotopic (exact) mass is 184 g/mol. The average molecular weight is 184 g/mol. The Balaban J connectivity index is 0.000000149. The molecule has 0 aromatic heterocycles. The second-order valence-electron chi connectivity index (χ2n) is 4.04. The van der Waals surface area contributed by atoms with Crippen LogP contribution in [-0.2, 0) is 0 Å². The van der Waals surface area contributed by atoms with Gasteiger partial charge in [0.1, 0.15) is 0 Å². The fourth-order valence-corrected chi connectivity index (χ4v) is 1.87. The Bertz CT molecular complexity index is 92.2. The predicted molar refractivity (Wildman–Crippen MR) is 58.1 cm³/mol. The molecular formula is C11H24N2. The normalized spacial score (nSPS) is 30.9. The third-order valence-electron chi connectivity index (χ3n) is 2.90. The summed E-state index contributed by atoms with van der Waals surface area (Å²) in [6.45, 7) is 12.3. The molecule has 0 atom stereocenters. The first-order valence-corrected chi connectivity index (χ1v) is 5.81. The van der Waals surface area contributed by atoms with E-state index in [4.69, 9.17) is 0 Å². The van der Waals surface area contributed by atoms with Gasteiger partial charge in [-0.25, -0.2) is 0 Å². The molecule has 3 fully saturated rings. The Hall–Kier alpha value is -0.0800. The lowest BCUT2D eigenvalue weighted by Crippen LogP contribution is -2.55. The molecule has 0 aliphatic carbocycles. The summed E-state index contributed by atoms with van der Waals surface area (Å²) < 4.78 is 0. The van der Waals surface area contributed by atoms with Crippen molar-refractivity contribution in [1.82, 2.24) is 9.80 Å². The largest absolute Gasteiger partial charge is 0.300 e. The number of piperazine rings is 3. The minimum Gasteiger partial charge on any atom is -0.300 e. The van der Waals surface area contributed by atoms with Crippen LogP contribution in [0.5, 0.6) is 0 Å². The number of fused-ring (bicyclic) bond motifs is 3. The van der Waals surface area contributed by atoms with Crippen LogP contribution in [0.3, 0.4) is 0 Å². The van der Waals surface area contributed by atoms with Crippen LogP contribution in [0.2, 0.25) is 0 Å². The van der Waals surface area contributed by atoms with Crippen LogP contribution in [-0.4, -0.2) is 49.1 Å². The fourth-order valence-electron chi connectivity index (χ4n) is 1.87. The molecule has 0 aromatic rings. The van der Waals surface area contributed by atoms with Crippen molar-refractivity contribution in [3.05, 3.63) is 0 Å². The zero-order valence-electron chi connectivity index (χ0n) is 9.26. The van der Waals surface area contributed by atoms with Crippen molar-refractivity contribution in [1.29, 1.82) is 0 Å². The van der Waals surface area contributed by atoms with Crippen LogP contribution >= 0.6 is 0 Å². The smallest absolute Gasteiger partial charge is 0.0110 e. The Labute approximate surface area is 82.9 Å². The van der Waals surface area contributed by atoms with Crippen LogP contribution in [0.15, 0.2) is 0 Å². The highest BCUT2D eigenvalue weighted by atomic mass is 15.3. The minimum atomic E-state index is 1.32. The summed E-state index contributed by atoms with van der Waals surface area (Å²) in [6.07, 6.45) is 4.08. The molecule has 0 N–H and O–H groups in total. The Morgan fingerprint density at radius 1 is 0.692 bits per heavy atom. The molecular weight excluding hydrogens is 160 g/mol. The lowest BCUT2D eigenvalue weighted by atomic mass is 10.2. The molecule has 3 rings (SSSR count). The molecule has 3 saturated heterocycles. The molecule has 3 aliphatic rings. The molecule has 78 valence electrons. The van der Waals surface area contributed by atoms with Gasteiger partial charge in [-0.1, -0.05) is 33.1 Å². The van der Waals surface area contributed by atoms with Gasteiger partial charge in [0, 0.05) is 39.3 Å². The number of nitrogens with zero attached hydrogens (tertiary/aromatic N) is 2. The van der Waals surface area contributed by atoms with Gasteiger partial charge in [-0.2, -0.15) is 0 Å². The van der Waals surface area contributed by atoms with E-state index in [1.165, 1.54) is 58.5 Å². The number of unbranched alkanes of at least 4 members (excludes halogenated alkanes) is 2. The molecule has 0 unspecified atom stereocenters. The van der Waals surface area contributed by atoms with E-state index in [0.29, 0.717) is 0 Å². The Morgan fingerprint density at radius 3 is 1.08 bits per heavy atom. The van der Waals surface area contributed by atoms with Crippen molar-refractivity contribution in [3.63, 3.8) is 0 Å². The molecule has 0 saturated carbocycles. The lowest BCUT2D eigenvalue weighted by molar-refractivity contribution is 0.0647. The molecule has 0 radical (unpaired) electrons. The van der Waals surface area contributed by atoms with Crippen molar-refractivity contribution in [2.45, 2.75) is 33.1 Å². The maximum Gasteiger partial charge on any atom is 0.0110 e. The van der Waals surface area contributed by atoms with Crippen molar-refractivity contribution in [2.24, 2.45) is 0 Å². The number of hydrogen-bond acceptors (Lipinski definition) is 2. The SMILES string of the molecule is C1CN2CCN1CC2.CCCCC. The average Bonchev–Trinajstić information content (AvgIpc) is 2.23. The fraction of sp³-hybridized carbons (Fsp3) is 1.00. The first kappa shape index (κ1) is 11.0. The van der Waals surface area contributed by atoms with E-state index in [-0.39, 0.29) is 0 Å². The standard InChI is InChI=1S/C6H12N2.C5H12/c1-2-8-5-3-7(1)4-6-8;1-3-5-4-2/h1-6H2;3-5H2,1-2H3. The van der Waals surface area contributed by atoms with Gasteiger partial charge in [-0.15, -0.1) is 0 Å². The van der Waals surface area contributed by atoms with Crippen LogP contribution in [0.4, 0.5) is 0 Å². The third kappa shape index (κ3) is 4.10. The van der Waals surface area contributed by atoms with Gasteiger partial charge in [0.25, 0.3) is 0 Å². The third-order valence-corrected chi connectivity index (χ3v) is 2.90. The maximum absolute atomic E-state index is 2.54. The molecule has 2 bridgehead atoms. The van der Waals surface area contributed by atoms with Gasteiger partial charge < -0.3 is 0 Å². The van der Waals surface area contributed by atoms with Gasteiger partial charge in [0.2, 0.25) is 0 Å². The maximum atomic E-state index is 2.54. The molecule has 0 amide bonds. The van der Waals surface area contributed by atoms with Crippen LogP contribution in [0.25, 0.3) is 0 Å². The van der Waals surface area contributed by atoms with E-state index in [1.807, 2.05) is 0 Å². The summed E-state index contributed by atoms with van der Waals surface area (Å²) in [7, 11) is 0. The van der Waals surface area contributed by atoms with E-state index in [2.05, 4.69) is 23.6 Å². The molecule has 3 heterocycles. The van der Waals surface area contributed by atoms with Crippen molar-refractivity contribution in [3.8, 4) is 0 Å². The number of hydrogen-bond donors (Lipinski definition) is 0. The lowest BCUT2D eigenvalue weighted by Gasteiger charge is -2.41. The first-order valence-electron chi connectivity index (χ1n) is 5.81. The zero-order valence-corrected chi connectivity index (χ0v) is 9.26. The minimum absolute atomic E-state index is 1.32. The quantitative estimate of drug-likeness (QED) is 0.646. The number of rotatable bonds is 2. The zero-order chi connectivity index (χ0) is 9.52. The highest BCUT2D eigenvalue weighted by Gasteiger charge is 2.21. The highest BCUT2D eigenvalue weighted by Crippen LogP contribution is 2.06. The molecule has 0 aromatic carbocycles. The van der Waals surface area contributed by atoms with Crippen molar-refractivity contribution in [2.75, 3.05) is 39.3 Å². The first-order chi connectivity index (χ1) is 6.36. The second-order valence-corrected chi connectivity index (χ2v) is 4.04. The second kappa shape index (κ2) is 6.39. The van der Waals surface area contributed by atoms with E-state index in [1.54, 1.807) is 0 Å².